The molecule has 3 aliphatic rings. The molecule has 2 bridgehead atoms. The summed E-state index contributed by atoms with van der Waals surface area (Å²) in [5.74, 6) is 1.36. The molecule has 2 heterocycles. The second kappa shape index (κ2) is 5.15. The first kappa shape index (κ1) is 14.6. The second-order valence-corrected chi connectivity index (χ2v) is 7.07. The molecule has 2 aromatic carbocycles. The molecule has 1 fully saturated rings. The molecule has 121 valence electrons. The summed E-state index contributed by atoms with van der Waals surface area (Å²) in [5.41, 5.74) is 5.29. The van der Waals surface area contributed by atoms with E-state index in [2.05, 4.69) is 46.9 Å². The first-order valence-corrected chi connectivity index (χ1v) is 8.65. The van der Waals surface area contributed by atoms with E-state index in [9.17, 15) is 0 Å². The summed E-state index contributed by atoms with van der Waals surface area (Å²) in [4.78, 5) is 5.15. The Bertz CT molecular complexity index is 1090. The monoisotopic (exact) mass is 490 g/mol. The first-order chi connectivity index (χ1) is 11.4. The predicted octanol–water partition coefficient (Wildman–Crippen LogP) is 5.19. The van der Waals surface area contributed by atoms with Gasteiger partial charge in [-0.2, -0.15) is 0 Å². The number of hydrogen-bond acceptors (Lipinski definition) is 1. The Morgan fingerprint density at radius 1 is 0.917 bits per heavy atom. The van der Waals surface area contributed by atoms with Crippen LogP contribution in [0.5, 0.6) is 0 Å². The van der Waals surface area contributed by atoms with Crippen molar-refractivity contribution in [2.24, 2.45) is 0 Å². The summed E-state index contributed by atoms with van der Waals surface area (Å²) in [7, 11) is 0. The van der Waals surface area contributed by atoms with Crippen LogP contribution < -0.4 is 0 Å². The molecule has 0 aliphatic heterocycles. The molecule has 0 amide bonds. The normalized spacial score (nSPS) is 22.0. The van der Waals surface area contributed by atoms with Gasteiger partial charge in [0.25, 0.3) is 0 Å². The molecule has 0 saturated heterocycles. The number of imidazole rings is 1. The fourth-order valence-electron chi connectivity index (χ4n) is 4.94. The third-order valence-corrected chi connectivity index (χ3v) is 5.96. The molecule has 0 unspecified atom stereocenters. The van der Waals surface area contributed by atoms with Crippen LogP contribution >= 0.6 is 0 Å². The average molecular weight is 490 g/mol. The summed E-state index contributed by atoms with van der Waals surface area (Å²) >= 11 is 0. The Balaban J connectivity index is 0.00000131. The molecule has 1 radical (unpaired) electrons. The number of nitrogens with zero attached hydrogens (tertiary/aromatic N) is 2. The average Bonchev–Trinajstić information content (AvgIpc) is 3.06. The van der Waals surface area contributed by atoms with Gasteiger partial charge in [-0.3, -0.25) is 4.98 Å². The maximum absolute atomic E-state index is 5.15. The minimum atomic E-state index is 0. The van der Waals surface area contributed by atoms with Crippen molar-refractivity contribution in [3.63, 3.8) is 0 Å². The van der Waals surface area contributed by atoms with Crippen LogP contribution in [0.15, 0.2) is 42.5 Å². The second-order valence-electron chi connectivity index (χ2n) is 7.07. The van der Waals surface area contributed by atoms with Crippen LogP contribution in [-0.4, -0.2) is 9.38 Å². The SMILES string of the molecule is [Ir].[c-]1cccc2c1c1nc3c(n1c1ccccc21)C1CCC3CC1. The van der Waals surface area contributed by atoms with E-state index in [1.54, 1.807) is 0 Å². The molecular formula is C21H17IrN2-. The zero-order valence-corrected chi connectivity index (χ0v) is 15.6. The van der Waals surface area contributed by atoms with Crippen molar-refractivity contribution in [3.8, 4) is 0 Å². The fourth-order valence-corrected chi connectivity index (χ4v) is 4.94. The topological polar surface area (TPSA) is 17.3 Å². The van der Waals surface area contributed by atoms with Crippen LogP contribution in [0.25, 0.3) is 27.3 Å². The number of benzene rings is 2. The summed E-state index contributed by atoms with van der Waals surface area (Å²) < 4.78 is 2.46. The maximum Gasteiger partial charge on any atom is 0.0614 e. The number of hydrogen-bond donors (Lipinski definition) is 0. The Hall–Kier alpha value is -1.70. The van der Waals surface area contributed by atoms with E-state index in [-0.39, 0.29) is 20.1 Å². The summed E-state index contributed by atoms with van der Waals surface area (Å²) in [6.07, 6.45) is 5.30. The number of pyridine rings is 1. The molecule has 0 atom stereocenters. The van der Waals surface area contributed by atoms with E-state index in [4.69, 9.17) is 4.98 Å². The fraction of sp³-hybridized carbons (Fsp3) is 0.286. The third-order valence-electron chi connectivity index (χ3n) is 5.96. The third kappa shape index (κ3) is 1.72. The van der Waals surface area contributed by atoms with Crippen LogP contribution in [-0.2, 0) is 20.1 Å². The smallest absolute Gasteiger partial charge is 0.0614 e. The van der Waals surface area contributed by atoms with Crippen LogP contribution in [0, 0.1) is 6.07 Å². The zero-order valence-electron chi connectivity index (χ0n) is 13.3. The molecule has 2 aromatic heterocycles. The predicted molar refractivity (Wildman–Crippen MR) is 93.0 cm³/mol. The van der Waals surface area contributed by atoms with Crippen molar-refractivity contribution >= 4 is 27.3 Å². The molecule has 1 saturated carbocycles. The van der Waals surface area contributed by atoms with Crippen LogP contribution in [0.3, 0.4) is 0 Å². The zero-order chi connectivity index (χ0) is 15.0. The van der Waals surface area contributed by atoms with Crippen molar-refractivity contribution in [1.82, 2.24) is 9.38 Å². The number of para-hydroxylation sites is 1. The number of fused-ring (bicyclic) bond motifs is 8. The van der Waals surface area contributed by atoms with Crippen molar-refractivity contribution in [3.05, 3.63) is 59.9 Å². The summed E-state index contributed by atoms with van der Waals surface area (Å²) in [5, 5.41) is 3.75. The molecule has 7 rings (SSSR count). The van der Waals surface area contributed by atoms with E-state index in [0.29, 0.717) is 11.8 Å². The first-order valence-electron chi connectivity index (χ1n) is 8.65. The minimum absolute atomic E-state index is 0. The van der Waals surface area contributed by atoms with Gasteiger partial charge in [0.15, 0.2) is 0 Å². The summed E-state index contributed by atoms with van der Waals surface area (Å²) in [6, 6.07) is 18.5. The largest absolute Gasteiger partial charge is 0.337 e. The van der Waals surface area contributed by atoms with E-state index >= 15 is 0 Å². The minimum Gasteiger partial charge on any atom is -0.337 e. The quantitative estimate of drug-likeness (QED) is 0.245. The van der Waals surface area contributed by atoms with Gasteiger partial charge >= 0.3 is 0 Å². The molecule has 3 aliphatic carbocycles. The van der Waals surface area contributed by atoms with Gasteiger partial charge in [-0.15, -0.1) is 29.7 Å². The molecule has 4 aromatic rings. The van der Waals surface area contributed by atoms with Gasteiger partial charge in [-0.05, 0) is 37.1 Å². The summed E-state index contributed by atoms with van der Waals surface area (Å²) in [6.45, 7) is 0. The van der Waals surface area contributed by atoms with Crippen LogP contribution in [0.1, 0.15) is 48.9 Å². The van der Waals surface area contributed by atoms with E-state index in [1.165, 1.54) is 58.7 Å². The van der Waals surface area contributed by atoms with Crippen molar-refractivity contribution in [1.29, 1.82) is 0 Å². The Morgan fingerprint density at radius 3 is 2.54 bits per heavy atom. The molecule has 0 spiro atoms. The number of aromatic nitrogens is 2. The van der Waals surface area contributed by atoms with Crippen molar-refractivity contribution < 1.29 is 20.1 Å². The standard InChI is InChI=1S/C21H17N2.Ir/c1-2-7-17-15(5-1)16-6-3-4-8-18(16)23-20-14-11-9-13(10-12-14)19(20)22-21(17)23;/h1-6,8,13-14H,9-12H2;/q-1;. The van der Waals surface area contributed by atoms with Crippen LogP contribution in [0.4, 0.5) is 0 Å². The van der Waals surface area contributed by atoms with E-state index in [0.717, 1.165) is 5.65 Å². The van der Waals surface area contributed by atoms with Gasteiger partial charge < -0.3 is 4.40 Å². The molecular weight excluding hydrogens is 472 g/mol. The Kier molecular flexibility index (Phi) is 3.14. The van der Waals surface area contributed by atoms with Gasteiger partial charge in [0.2, 0.25) is 0 Å². The Labute approximate surface area is 154 Å². The molecule has 2 nitrogen and oxygen atoms in total. The maximum atomic E-state index is 5.15. The van der Waals surface area contributed by atoms with Gasteiger partial charge in [0, 0.05) is 43.2 Å². The van der Waals surface area contributed by atoms with Crippen LogP contribution in [0.2, 0.25) is 0 Å². The molecule has 3 heteroatoms. The van der Waals surface area contributed by atoms with Crippen molar-refractivity contribution in [2.45, 2.75) is 37.5 Å². The molecule has 24 heavy (non-hydrogen) atoms. The van der Waals surface area contributed by atoms with Gasteiger partial charge in [-0.1, -0.05) is 23.6 Å². The number of rotatable bonds is 0. The van der Waals surface area contributed by atoms with Crippen molar-refractivity contribution in [2.75, 3.05) is 0 Å². The molecule has 0 N–H and O–H groups in total. The Morgan fingerprint density at radius 2 is 1.67 bits per heavy atom. The van der Waals surface area contributed by atoms with E-state index in [1.807, 2.05) is 6.07 Å². The van der Waals surface area contributed by atoms with Gasteiger partial charge in [0.05, 0.1) is 11.3 Å². The van der Waals surface area contributed by atoms with E-state index < -0.39 is 0 Å². The van der Waals surface area contributed by atoms with Gasteiger partial charge in [-0.25, -0.2) is 0 Å². The van der Waals surface area contributed by atoms with Gasteiger partial charge in [0.1, 0.15) is 0 Å².